The van der Waals surface area contributed by atoms with E-state index in [9.17, 15) is 0 Å². The van der Waals surface area contributed by atoms with E-state index in [0.717, 1.165) is 59.7 Å². The molecule has 0 aliphatic carbocycles. The van der Waals surface area contributed by atoms with Crippen molar-refractivity contribution in [1.29, 1.82) is 0 Å². The minimum Gasteiger partial charge on any atom is -0.357 e. The standard InChI is InChI=1S/C21H29N7S/c1-5-18-14-25-20(29-18)9-10-23-21(22-6-2)26-13-17-7-8-19(24-12-17)28-16(4)11-15(3)27-28/h7-8,11-12,14H,5-6,9-10,13H2,1-4H3,(H2,22,23,26). The molecule has 0 aliphatic rings. The average molecular weight is 412 g/mol. The normalized spacial score (nSPS) is 11.7. The maximum Gasteiger partial charge on any atom is 0.191 e. The number of nitrogens with zero attached hydrogens (tertiary/aromatic N) is 5. The Morgan fingerprint density at radius 2 is 2.00 bits per heavy atom. The lowest BCUT2D eigenvalue weighted by atomic mass is 10.3. The van der Waals surface area contributed by atoms with E-state index in [1.807, 2.05) is 49.1 Å². The first-order valence-corrected chi connectivity index (χ1v) is 10.8. The summed E-state index contributed by atoms with van der Waals surface area (Å²) >= 11 is 1.78. The van der Waals surface area contributed by atoms with Crippen LogP contribution in [0.25, 0.3) is 5.82 Å². The van der Waals surface area contributed by atoms with Gasteiger partial charge in [-0.05, 0) is 44.9 Å². The predicted octanol–water partition coefficient (Wildman–Crippen LogP) is 3.20. The third-order valence-corrected chi connectivity index (χ3v) is 5.58. The van der Waals surface area contributed by atoms with Crippen LogP contribution in [0.1, 0.15) is 40.7 Å². The summed E-state index contributed by atoms with van der Waals surface area (Å²) in [4.78, 5) is 15.0. The molecule has 7 nitrogen and oxygen atoms in total. The fraction of sp³-hybridized carbons (Fsp3) is 0.429. The van der Waals surface area contributed by atoms with Crippen molar-refractivity contribution >= 4 is 17.3 Å². The highest BCUT2D eigenvalue weighted by atomic mass is 32.1. The number of pyridine rings is 1. The van der Waals surface area contributed by atoms with Crippen LogP contribution in [-0.4, -0.2) is 38.8 Å². The summed E-state index contributed by atoms with van der Waals surface area (Å²) in [7, 11) is 0. The second kappa shape index (κ2) is 10.2. The number of hydrogen-bond donors (Lipinski definition) is 2. The van der Waals surface area contributed by atoms with Gasteiger partial charge in [0.05, 0.1) is 17.2 Å². The van der Waals surface area contributed by atoms with E-state index in [-0.39, 0.29) is 0 Å². The van der Waals surface area contributed by atoms with Crippen molar-refractivity contribution < 1.29 is 0 Å². The summed E-state index contributed by atoms with van der Waals surface area (Å²) in [6.45, 7) is 10.4. The number of rotatable bonds is 8. The zero-order chi connectivity index (χ0) is 20.6. The third-order valence-electron chi connectivity index (χ3n) is 4.38. The fourth-order valence-corrected chi connectivity index (χ4v) is 3.79. The van der Waals surface area contributed by atoms with Crippen molar-refractivity contribution in [3.8, 4) is 5.82 Å². The number of aliphatic imine (C=N–C) groups is 1. The Bertz CT molecular complexity index is 940. The molecular weight excluding hydrogens is 382 g/mol. The molecule has 3 aromatic rings. The third kappa shape index (κ3) is 5.87. The Morgan fingerprint density at radius 1 is 1.14 bits per heavy atom. The summed E-state index contributed by atoms with van der Waals surface area (Å²) in [5.41, 5.74) is 3.12. The van der Waals surface area contributed by atoms with Crippen LogP contribution in [0.5, 0.6) is 0 Å². The van der Waals surface area contributed by atoms with E-state index >= 15 is 0 Å². The zero-order valence-corrected chi connectivity index (χ0v) is 18.4. The largest absolute Gasteiger partial charge is 0.357 e. The molecule has 0 saturated heterocycles. The predicted molar refractivity (Wildman–Crippen MR) is 119 cm³/mol. The average Bonchev–Trinajstić information content (AvgIpc) is 3.32. The summed E-state index contributed by atoms with van der Waals surface area (Å²) in [5.74, 6) is 1.63. The lowest BCUT2D eigenvalue weighted by Crippen LogP contribution is -2.38. The molecule has 154 valence electrons. The summed E-state index contributed by atoms with van der Waals surface area (Å²) in [5, 5.41) is 12.3. The Hall–Kier alpha value is -2.74. The van der Waals surface area contributed by atoms with Crippen LogP contribution in [0.15, 0.2) is 35.6 Å². The summed E-state index contributed by atoms with van der Waals surface area (Å²) < 4.78 is 1.86. The molecule has 3 rings (SSSR count). The molecule has 0 atom stereocenters. The number of aryl methyl sites for hydroxylation is 3. The lowest BCUT2D eigenvalue weighted by molar-refractivity contribution is 0.792. The molecule has 0 spiro atoms. The number of thiazole rings is 1. The van der Waals surface area contributed by atoms with Gasteiger partial charge in [-0.15, -0.1) is 11.3 Å². The van der Waals surface area contributed by atoms with Gasteiger partial charge in [-0.1, -0.05) is 13.0 Å². The fourth-order valence-electron chi connectivity index (χ4n) is 2.92. The number of hydrogen-bond acceptors (Lipinski definition) is 5. The van der Waals surface area contributed by atoms with Crippen molar-refractivity contribution in [3.63, 3.8) is 0 Å². The van der Waals surface area contributed by atoms with Gasteiger partial charge < -0.3 is 10.6 Å². The molecule has 8 heteroatoms. The Morgan fingerprint density at radius 3 is 2.62 bits per heavy atom. The number of aromatic nitrogens is 4. The first kappa shape index (κ1) is 21.0. The molecule has 29 heavy (non-hydrogen) atoms. The van der Waals surface area contributed by atoms with E-state index in [0.29, 0.717) is 6.54 Å². The van der Waals surface area contributed by atoms with Gasteiger partial charge in [-0.3, -0.25) is 0 Å². The maximum absolute atomic E-state index is 4.68. The topological polar surface area (TPSA) is 80.0 Å². The van der Waals surface area contributed by atoms with E-state index in [4.69, 9.17) is 0 Å². The monoisotopic (exact) mass is 411 g/mol. The van der Waals surface area contributed by atoms with Crippen LogP contribution in [0.3, 0.4) is 0 Å². The molecule has 3 aromatic heterocycles. The van der Waals surface area contributed by atoms with Gasteiger partial charge in [0, 0.05) is 42.5 Å². The van der Waals surface area contributed by atoms with Gasteiger partial charge in [-0.2, -0.15) is 5.10 Å². The minimum atomic E-state index is 0.566. The van der Waals surface area contributed by atoms with Gasteiger partial charge in [0.25, 0.3) is 0 Å². The van der Waals surface area contributed by atoms with E-state index in [1.165, 1.54) is 4.88 Å². The second-order valence-electron chi connectivity index (χ2n) is 6.81. The van der Waals surface area contributed by atoms with Crippen molar-refractivity contribution in [2.75, 3.05) is 13.1 Å². The molecule has 0 fully saturated rings. The number of guanidine groups is 1. The Balaban J connectivity index is 1.56. The van der Waals surface area contributed by atoms with Crippen LogP contribution in [0.2, 0.25) is 0 Å². The molecule has 0 amide bonds. The van der Waals surface area contributed by atoms with Gasteiger partial charge >= 0.3 is 0 Å². The highest BCUT2D eigenvalue weighted by Gasteiger charge is 2.05. The van der Waals surface area contributed by atoms with Crippen LogP contribution in [-0.2, 0) is 19.4 Å². The van der Waals surface area contributed by atoms with Crippen molar-refractivity contribution in [1.82, 2.24) is 30.4 Å². The molecule has 0 unspecified atom stereocenters. The molecule has 0 saturated carbocycles. The van der Waals surface area contributed by atoms with Gasteiger partial charge in [0.1, 0.15) is 0 Å². The molecule has 3 heterocycles. The Kier molecular flexibility index (Phi) is 7.35. The SMILES string of the molecule is CCNC(=NCc1ccc(-n2nc(C)cc2C)nc1)NCCc1ncc(CC)s1. The van der Waals surface area contributed by atoms with Crippen molar-refractivity contribution in [2.24, 2.45) is 4.99 Å². The van der Waals surface area contributed by atoms with E-state index in [1.54, 1.807) is 11.3 Å². The van der Waals surface area contributed by atoms with Crippen LogP contribution in [0.4, 0.5) is 0 Å². The molecule has 0 aliphatic heterocycles. The molecule has 0 aromatic carbocycles. The maximum atomic E-state index is 4.68. The minimum absolute atomic E-state index is 0.566. The van der Waals surface area contributed by atoms with E-state index in [2.05, 4.69) is 44.5 Å². The first-order chi connectivity index (χ1) is 14.1. The smallest absolute Gasteiger partial charge is 0.191 e. The van der Waals surface area contributed by atoms with Gasteiger partial charge in [-0.25, -0.2) is 19.6 Å². The van der Waals surface area contributed by atoms with Crippen LogP contribution >= 0.6 is 11.3 Å². The highest BCUT2D eigenvalue weighted by molar-refractivity contribution is 7.11. The number of nitrogens with one attached hydrogen (secondary N) is 2. The van der Waals surface area contributed by atoms with E-state index < -0.39 is 0 Å². The van der Waals surface area contributed by atoms with Crippen LogP contribution < -0.4 is 10.6 Å². The molecular formula is C21H29N7S. The highest BCUT2D eigenvalue weighted by Crippen LogP contribution is 2.13. The zero-order valence-electron chi connectivity index (χ0n) is 17.6. The molecule has 2 N–H and O–H groups in total. The first-order valence-electron chi connectivity index (χ1n) is 10.0. The van der Waals surface area contributed by atoms with Crippen molar-refractivity contribution in [2.45, 2.75) is 47.1 Å². The Labute approximate surface area is 176 Å². The van der Waals surface area contributed by atoms with Gasteiger partial charge in [0.2, 0.25) is 0 Å². The van der Waals surface area contributed by atoms with Gasteiger partial charge in [0.15, 0.2) is 11.8 Å². The quantitative estimate of drug-likeness (QED) is 0.439. The van der Waals surface area contributed by atoms with Crippen molar-refractivity contribution in [3.05, 3.63) is 57.4 Å². The summed E-state index contributed by atoms with van der Waals surface area (Å²) in [6.07, 6.45) is 5.78. The van der Waals surface area contributed by atoms with Crippen LogP contribution in [0, 0.1) is 13.8 Å². The summed E-state index contributed by atoms with van der Waals surface area (Å²) in [6, 6.07) is 6.08. The molecule has 0 radical (unpaired) electrons. The molecule has 0 bridgehead atoms. The lowest BCUT2D eigenvalue weighted by Gasteiger charge is -2.10. The second-order valence-corrected chi connectivity index (χ2v) is 8.01.